The maximum Gasteiger partial charge on any atom is 0.430 e. The van der Waals surface area contributed by atoms with Gasteiger partial charge in [0.1, 0.15) is 29.7 Å². The van der Waals surface area contributed by atoms with Crippen molar-refractivity contribution in [3.63, 3.8) is 0 Å². The fourth-order valence-corrected chi connectivity index (χ4v) is 4.73. The molecule has 5 aromatic rings. The number of rotatable bonds is 9. The molecule has 4 aromatic carbocycles. The minimum atomic E-state index is -5.19. The fraction of sp³-hybridized carbons (Fsp3) is 0.194. The van der Waals surface area contributed by atoms with Crippen LogP contribution in [0.25, 0.3) is 10.9 Å². The van der Waals surface area contributed by atoms with Crippen LogP contribution in [0, 0.1) is 11.3 Å². The molecule has 8 nitrogen and oxygen atoms in total. The van der Waals surface area contributed by atoms with Gasteiger partial charge in [0.15, 0.2) is 0 Å². The molecule has 0 atom stereocenters. The minimum Gasteiger partial charge on any atom is -0.542 e. The lowest BCUT2D eigenvalue weighted by Gasteiger charge is -2.23. The summed E-state index contributed by atoms with van der Waals surface area (Å²) < 4.78 is 40.5. The summed E-state index contributed by atoms with van der Waals surface area (Å²) in [7, 11) is 6.37. The third-order valence-corrected chi connectivity index (χ3v) is 7.17. The van der Waals surface area contributed by atoms with E-state index in [1.54, 1.807) is 6.07 Å². The summed E-state index contributed by atoms with van der Waals surface area (Å²) in [4.78, 5) is 22.4. The van der Waals surface area contributed by atoms with Crippen molar-refractivity contribution in [1.82, 2.24) is 14.4 Å². The number of fused-ring (bicyclic) bond motifs is 1. The maximum atomic E-state index is 13.6. The molecule has 0 unspecified atom stereocenters. The Bertz CT molecular complexity index is 1890. The Morgan fingerprint density at radius 2 is 1.51 bits per heavy atom. The third kappa shape index (κ3) is 9.22. The first-order valence-electron chi connectivity index (χ1n) is 14.5. The van der Waals surface area contributed by atoms with E-state index < -0.39 is 12.1 Å². The quantitative estimate of drug-likeness (QED) is 0.212. The predicted octanol–water partition coefficient (Wildman–Crippen LogP) is 5.57. The zero-order chi connectivity index (χ0) is 34.2. The van der Waals surface area contributed by atoms with Gasteiger partial charge in [0.2, 0.25) is 0 Å². The normalized spacial score (nSPS) is 11.3. The van der Waals surface area contributed by atoms with Crippen molar-refractivity contribution >= 4 is 28.5 Å². The van der Waals surface area contributed by atoms with Crippen molar-refractivity contribution in [2.75, 3.05) is 21.1 Å². The van der Waals surface area contributed by atoms with E-state index in [2.05, 4.69) is 56.8 Å². The van der Waals surface area contributed by atoms with Gasteiger partial charge in [0, 0.05) is 18.5 Å². The van der Waals surface area contributed by atoms with Gasteiger partial charge in [0.25, 0.3) is 5.91 Å². The van der Waals surface area contributed by atoms with Crippen molar-refractivity contribution in [3.8, 4) is 11.8 Å². The first kappa shape index (κ1) is 34.3. The Labute approximate surface area is 270 Å². The topological polar surface area (TPSA) is 107 Å². The van der Waals surface area contributed by atoms with E-state index in [1.807, 2.05) is 77.4 Å². The summed E-state index contributed by atoms with van der Waals surface area (Å²) in [5, 5.41) is 22.1. The van der Waals surface area contributed by atoms with Crippen LogP contribution in [-0.2, 0) is 24.5 Å². The van der Waals surface area contributed by atoms with Crippen LogP contribution >= 0.6 is 0 Å². The van der Waals surface area contributed by atoms with Gasteiger partial charge in [-0.05, 0) is 59.2 Å². The molecule has 1 N–H and O–H groups in total. The zero-order valence-corrected chi connectivity index (χ0v) is 26.0. The van der Waals surface area contributed by atoms with Crippen LogP contribution in [-0.4, -0.2) is 43.8 Å². The van der Waals surface area contributed by atoms with E-state index in [1.165, 1.54) is 5.69 Å². The zero-order valence-electron chi connectivity index (χ0n) is 26.0. The van der Waals surface area contributed by atoms with Gasteiger partial charge in [-0.15, -0.1) is 0 Å². The highest BCUT2D eigenvalue weighted by Gasteiger charge is 2.28. The minimum absolute atomic E-state index is 0.169. The number of alkyl halides is 3. The lowest BCUT2D eigenvalue weighted by Crippen LogP contribution is -2.37. The number of hydrogen-bond acceptors (Lipinski definition) is 5. The number of quaternary nitrogens is 1. The summed E-state index contributed by atoms with van der Waals surface area (Å²) >= 11 is 0. The van der Waals surface area contributed by atoms with E-state index in [0.717, 1.165) is 37.8 Å². The summed E-state index contributed by atoms with van der Waals surface area (Å²) in [5.41, 5.74) is 6.25. The van der Waals surface area contributed by atoms with Crippen molar-refractivity contribution in [3.05, 3.63) is 131 Å². The maximum absolute atomic E-state index is 13.6. The van der Waals surface area contributed by atoms with Crippen molar-refractivity contribution < 1.29 is 32.6 Å². The first-order valence-corrected chi connectivity index (χ1v) is 14.5. The van der Waals surface area contributed by atoms with Gasteiger partial charge < -0.3 is 24.5 Å². The Hall–Kier alpha value is -5.60. The van der Waals surface area contributed by atoms with Gasteiger partial charge in [-0.2, -0.15) is 18.4 Å². The molecule has 0 aliphatic heterocycles. The van der Waals surface area contributed by atoms with E-state index in [4.69, 9.17) is 14.6 Å². The summed E-state index contributed by atoms with van der Waals surface area (Å²) in [6.45, 7) is 1.29. The van der Waals surface area contributed by atoms with Gasteiger partial charge in [0.05, 0.1) is 38.3 Å². The highest BCUT2D eigenvalue weighted by atomic mass is 19.4. The van der Waals surface area contributed by atoms with Crippen molar-refractivity contribution in [1.29, 1.82) is 5.26 Å². The monoisotopic (exact) mass is 642 g/mol. The summed E-state index contributed by atoms with van der Waals surface area (Å²) in [6, 6.07) is 35.8. The average molecular weight is 643 g/mol. The molecule has 11 heteroatoms. The predicted molar refractivity (Wildman–Crippen MR) is 171 cm³/mol. The van der Waals surface area contributed by atoms with Crippen LogP contribution in [0.15, 0.2) is 103 Å². The van der Waals surface area contributed by atoms with E-state index in [0.29, 0.717) is 31.0 Å². The summed E-state index contributed by atoms with van der Waals surface area (Å²) in [6.07, 6.45) is -5.19. The number of ether oxygens (including phenoxy) is 1. The van der Waals surface area contributed by atoms with Gasteiger partial charge in [-0.25, -0.2) is 0 Å². The second-order valence-electron chi connectivity index (χ2n) is 11.5. The van der Waals surface area contributed by atoms with Gasteiger partial charge in [-0.3, -0.25) is 9.28 Å². The smallest absolute Gasteiger partial charge is 0.430 e. The first-order chi connectivity index (χ1) is 22.3. The molecule has 0 saturated carbocycles. The van der Waals surface area contributed by atoms with Crippen molar-refractivity contribution in [2.45, 2.75) is 25.9 Å². The Balaban J connectivity index is 0.000000644. The number of carboxylic acid groups (broad SMARTS) is 1. The number of carboxylic acids is 1. The molecule has 1 heterocycles. The molecule has 0 aliphatic carbocycles. The van der Waals surface area contributed by atoms with Crippen molar-refractivity contribution in [2.24, 2.45) is 0 Å². The van der Waals surface area contributed by atoms with Crippen LogP contribution in [0.5, 0.6) is 5.75 Å². The Morgan fingerprint density at radius 3 is 2.13 bits per heavy atom. The average Bonchev–Trinajstić information content (AvgIpc) is 3.41. The highest BCUT2D eigenvalue weighted by Crippen LogP contribution is 2.31. The molecule has 242 valence electrons. The summed E-state index contributed by atoms with van der Waals surface area (Å²) in [5.74, 6) is -2.46. The van der Waals surface area contributed by atoms with E-state index in [-0.39, 0.29) is 5.91 Å². The number of aliphatic carboxylic acids is 1. The molecular formula is C36H33F3N4O4. The molecule has 0 spiro atoms. The number of nitriles is 1. The van der Waals surface area contributed by atoms with Crippen LogP contribution in [0.4, 0.5) is 18.9 Å². The second kappa shape index (κ2) is 14.7. The molecule has 0 radical (unpaired) electrons. The van der Waals surface area contributed by atoms with Gasteiger partial charge >= 0.3 is 6.18 Å². The number of nitrogens with one attached hydrogen (secondary N) is 1. The number of carbonyl (C=O) groups is 2. The van der Waals surface area contributed by atoms with Crippen LogP contribution in [0.1, 0.15) is 32.7 Å². The largest absolute Gasteiger partial charge is 0.542 e. The molecule has 0 aliphatic rings. The number of aromatic nitrogens is 1. The number of benzene rings is 4. The SMILES string of the molecule is C[N+](C)(C)c1ccc(CNC(=O)c2cc3c(OCc4ccccc4)cccc3n2Cc2cccc(C#N)c2)cc1.O=C([O-])C(F)(F)F. The molecule has 5 rings (SSSR count). The number of amides is 1. The molecule has 0 saturated heterocycles. The number of halogens is 3. The Morgan fingerprint density at radius 1 is 0.872 bits per heavy atom. The van der Waals surface area contributed by atoms with E-state index in [9.17, 15) is 23.2 Å². The van der Waals surface area contributed by atoms with Gasteiger partial charge in [-0.1, -0.05) is 60.7 Å². The lowest BCUT2D eigenvalue weighted by atomic mass is 10.1. The number of nitrogens with zero attached hydrogens (tertiary/aromatic N) is 3. The molecule has 1 amide bonds. The highest BCUT2D eigenvalue weighted by molar-refractivity contribution is 6.00. The van der Waals surface area contributed by atoms with Crippen LogP contribution in [0.2, 0.25) is 0 Å². The second-order valence-corrected chi connectivity index (χ2v) is 11.5. The van der Waals surface area contributed by atoms with Crippen LogP contribution in [0.3, 0.4) is 0 Å². The Kier molecular flexibility index (Phi) is 10.7. The molecule has 0 bridgehead atoms. The fourth-order valence-electron chi connectivity index (χ4n) is 4.73. The number of carbonyl (C=O) groups excluding carboxylic acids is 2. The molecule has 47 heavy (non-hydrogen) atoms. The van der Waals surface area contributed by atoms with Crippen LogP contribution < -0.4 is 19.6 Å². The molecular weight excluding hydrogens is 609 g/mol. The third-order valence-electron chi connectivity index (χ3n) is 7.17. The molecule has 1 aromatic heterocycles. The lowest BCUT2D eigenvalue weighted by molar-refractivity contribution is -0.344. The standard InChI is InChI=1S/C34H32N4O2.C2HF3O2/c1-38(2,3)29-17-15-25(16-18-29)22-36-34(39)32-20-30-31(37(32)23-28-12-7-11-27(19-28)21-35)13-8-14-33(30)40-24-26-9-5-4-6-10-26;3-2(4,5)1(6)7/h4-20H,22-24H2,1-3H3;(H,6,7). The molecule has 0 fully saturated rings. The van der Waals surface area contributed by atoms with E-state index >= 15 is 0 Å². The number of hydrogen-bond donors (Lipinski definition) is 1.